The highest BCUT2D eigenvalue weighted by molar-refractivity contribution is 5.98. The van der Waals surface area contributed by atoms with Crippen LogP contribution in [0.25, 0.3) is 0 Å². The topological polar surface area (TPSA) is 43.4 Å². The molecule has 4 aliphatic carbocycles. The lowest BCUT2D eigenvalue weighted by Gasteiger charge is -2.11. The molecule has 4 aliphatic rings. The van der Waals surface area contributed by atoms with Crippen molar-refractivity contribution in [3.63, 3.8) is 0 Å². The average Bonchev–Trinajstić information content (AvgIpc) is 2.40. The van der Waals surface area contributed by atoms with Gasteiger partial charge < -0.3 is 4.74 Å². The van der Waals surface area contributed by atoms with Crippen LogP contribution in [0.1, 0.15) is 13.3 Å². The fourth-order valence-electron chi connectivity index (χ4n) is 3.40. The molecule has 0 spiro atoms. The van der Waals surface area contributed by atoms with Crippen LogP contribution in [0.3, 0.4) is 0 Å². The molecule has 0 heterocycles. The number of carbonyl (C=O) groups is 2. The van der Waals surface area contributed by atoms with E-state index in [1.165, 1.54) is 0 Å². The predicted octanol–water partition coefficient (Wildman–Crippen LogP) is 0.631. The Morgan fingerprint density at radius 3 is 2.77 bits per heavy atom. The van der Waals surface area contributed by atoms with Crippen LogP contribution in [0.4, 0.5) is 0 Å². The summed E-state index contributed by atoms with van der Waals surface area (Å²) in [7, 11) is 0. The maximum absolute atomic E-state index is 11.5. The maximum atomic E-state index is 11.5. The molecule has 4 saturated carbocycles. The summed E-state index contributed by atoms with van der Waals surface area (Å²) in [5, 5.41) is 0. The molecule has 5 atom stereocenters. The molecule has 4 bridgehead atoms. The van der Waals surface area contributed by atoms with Crippen molar-refractivity contribution in [2.75, 3.05) is 6.61 Å². The second-order valence-electron chi connectivity index (χ2n) is 4.29. The fourth-order valence-corrected chi connectivity index (χ4v) is 3.40. The maximum Gasteiger partial charge on any atom is 0.309 e. The highest BCUT2D eigenvalue weighted by Gasteiger charge is 2.75. The number of rotatable bonds is 2. The number of ketones is 1. The van der Waals surface area contributed by atoms with E-state index in [-0.39, 0.29) is 23.7 Å². The Hall–Kier alpha value is -0.860. The van der Waals surface area contributed by atoms with Gasteiger partial charge in [-0.2, -0.15) is 0 Å². The summed E-state index contributed by atoms with van der Waals surface area (Å²) in [6.45, 7) is 2.24. The van der Waals surface area contributed by atoms with Crippen molar-refractivity contribution in [1.29, 1.82) is 0 Å². The van der Waals surface area contributed by atoms with Crippen molar-refractivity contribution in [2.45, 2.75) is 13.3 Å². The van der Waals surface area contributed by atoms with Crippen LogP contribution in [0.5, 0.6) is 0 Å². The highest BCUT2D eigenvalue weighted by Crippen LogP contribution is 2.71. The van der Waals surface area contributed by atoms with Crippen molar-refractivity contribution >= 4 is 11.8 Å². The SMILES string of the molecule is CCOC(=O)C1C2CC3C(C2=O)C31. The van der Waals surface area contributed by atoms with Gasteiger partial charge in [-0.25, -0.2) is 0 Å². The van der Waals surface area contributed by atoms with Crippen molar-refractivity contribution in [1.82, 2.24) is 0 Å². The van der Waals surface area contributed by atoms with Crippen molar-refractivity contribution in [3.8, 4) is 0 Å². The molecule has 0 N–H and O–H groups in total. The minimum atomic E-state index is -0.131. The van der Waals surface area contributed by atoms with Gasteiger partial charge in [0.15, 0.2) is 0 Å². The third kappa shape index (κ3) is 0.713. The van der Waals surface area contributed by atoms with E-state index >= 15 is 0 Å². The summed E-state index contributed by atoms with van der Waals surface area (Å²) in [6.07, 6.45) is 0.956. The molecule has 0 aliphatic heterocycles. The fraction of sp³-hybridized carbons (Fsp3) is 0.800. The summed E-state index contributed by atoms with van der Waals surface area (Å²) in [5.74, 6) is 1.34. The zero-order valence-electron chi connectivity index (χ0n) is 7.53. The lowest BCUT2D eigenvalue weighted by Crippen LogP contribution is -2.23. The second-order valence-corrected chi connectivity index (χ2v) is 4.29. The van der Waals surface area contributed by atoms with Crippen LogP contribution in [-0.4, -0.2) is 18.4 Å². The first-order valence-corrected chi connectivity index (χ1v) is 4.96. The van der Waals surface area contributed by atoms with Crippen molar-refractivity contribution < 1.29 is 14.3 Å². The van der Waals surface area contributed by atoms with Crippen LogP contribution in [0.2, 0.25) is 0 Å². The van der Waals surface area contributed by atoms with Crippen molar-refractivity contribution in [2.24, 2.45) is 29.6 Å². The molecule has 0 saturated heterocycles. The Morgan fingerprint density at radius 1 is 1.62 bits per heavy atom. The Bertz CT molecular complexity index is 297. The van der Waals surface area contributed by atoms with Gasteiger partial charge in [0.2, 0.25) is 0 Å². The normalized spacial score (nSPS) is 49.6. The Balaban J connectivity index is 1.82. The summed E-state index contributed by atoms with van der Waals surface area (Å²) in [4.78, 5) is 23.0. The largest absolute Gasteiger partial charge is 0.466 e. The van der Waals surface area contributed by atoms with Gasteiger partial charge in [-0.1, -0.05) is 0 Å². The number of hydrogen-bond acceptors (Lipinski definition) is 3. The van der Waals surface area contributed by atoms with E-state index in [1.807, 2.05) is 6.92 Å². The molecule has 0 aromatic heterocycles. The summed E-state index contributed by atoms with van der Waals surface area (Å²) in [5.41, 5.74) is 0. The van der Waals surface area contributed by atoms with Crippen LogP contribution in [0.15, 0.2) is 0 Å². The Labute approximate surface area is 76.4 Å². The summed E-state index contributed by atoms with van der Waals surface area (Å²) in [6, 6.07) is 0. The molecule has 3 heteroatoms. The smallest absolute Gasteiger partial charge is 0.309 e. The van der Waals surface area contributed by atoms with Crippen LogP contribution in [0, 0.1) is 29.6 Å². The monoisotopic (exact) mass is 180 g/mol. The van der Waals surface area contributed by atoms with E-state index in [0.29, 0.717) is 24.2 Å². The standard InChI is InChI=1S/C10H12O3/c1-2-13-10(12)8-5-3-4-6(8)7(4)9(5)11/h4-8H,2-3H2,1H3. The Morgan fingerprint density at radius 2 is 2.38 bits per heavy atom. The van der Waals surface area contributed by atoms with E-state index < -0.39 is 0 Å². The first-order valence-electron chi connectivity index (χ1n) is 4.96. The molecule has 13 heavy (non-hydrogen) atoms. The minimum Gasteiger partial charge on any atom is -0.466 e. The molecular formula is C10H12O3. The van der Waals surface area contributed by atoms with E-state index in [0.717, 1.165) is 6.42 Å². The van der Waals surface area contributed by atoms with E-state index in [9.17, 15) is 9.59 Å². The van der Waals surface area contributed by atoms with Gasteiger partial charge in [0.25, 0.3) is 0 Å². The molecule has 5 unspecified atom stereocenters. The number of ether oxygens (including phenoxy) is 1. The Kier molecular flexibility index (Phi) is 1.24. The van der Waals surface area contributed by atoms with Crippen molar-refractivity contribution in [3.05, 3.63) is 0 Å². The first-order chi connectivity index (χ1) is 6.25. The van der Waals surface area contributed by atoms with Gasteiger partial charge in [0.1, 0.15) is 5.78 Å². The van der Waals surface area contributed by atoms with Crippen LogP contribution in [-0.2, 0) is 14.3 Å². The summed E-state index contributed by atoms with van der Waals surface area (Å²) < 4.78 is 4.98. The highest BCUT2D eigenvalue weighted by atomic mass is 16.5. The predicted molar refractivity (Wildman–Crippen MR) is 43.7 cm³/mol. The van der Waals surface area contributed by atoms with Gasteiger partial charge >= 0.3 is 5.97 Å². The lowest BCUT2D eigenvalue weighted by molar-refractivity contribution is -0.150. The molecule has 4 fully saturated rings. The third-order valence-electron chi connectivity index (χ3n) is 3.86. The number of esters is 1. The molecule has 3 nitrogen and oxygen atoms in total. The molecule has 0 radical (unpaired) electrons. The average molecular weight is 180 g/mol. The number of Topliss-reactive ketones (excluding diaryl/α,β-unsaturated/α-hetero) is 1. The molecule has 0 aromatic carbocycles. The van der Waals surface area contributed by atoms with Gasteiger partial charge in [-0.3, -0.25) is 9.59 Å². The van der Waals surface area contributed by atoms with Gasteiger partial charge in [0, 0.05) is 11.8 Å². The molecule has 0 amide bonds. The molecule has 0 aromatic rings. The van der Waals surface area contributed by atoms with E-state index in [1.54, 1.807) is 0 Å². The number of hydrogen-bond donors (Lipinski definition) is 0. The van der Waals surface area contributed by atoms with Crippen LogP contribution < -0.4 is 0 Å². The lowest BCUT2D eigenvalue weighted by atomic mass is 9.98. The molecular weight excluding hydrogens is 168 g/mol. The van der Waals surface area contributed by atoms with Gasteiger partial charge in [0.05, 0.1) is 12.5 Å². The first kappa shape index (κ1) is 7.54. The quantitative estimate of drug-likeness (QED) is 0.585. The summed E-state index contributed by atoms with van der Waals surface area (Å²) >= 11 is 0. The van der Waals surface area contributed by atoms with Gasteiger partial charge in [-0.05, 0) is 25.2 Å². The van der Waals surface area contributed by atoms with E-state index in [2.05, 4.69) is 0 Å². The minimum absolute atomic E-state index is 0.0269. The van der Waals surface area contributed by atoms with Gasteiger partial charge in [-0.15, -0.1) is 0 Å². The second kappa shape index (κ2) is 2.14. The molecule has 70 valence electrons. The number of carbonyl (C=O) groups excluding carboxylic acids is 2. The van der Waals surface area contributed by atoms with Crippen LogP contribution >= 0.6 is 0 Å². The zero-order chi connectivity index (χ0) is 9.16. The van der Waals surface area contributed by atoms with E-state index in [4.69, 9.17) is 4.74 Å². The molecule has 4 rings (SSSR count). The zero-order valence-corrected chi connectivity index (χ0v) is 7.53. The third-order valence-corrected chi connectivity index (χ3v) is 3.86.